The van der Waals surface area contributed by atoms with Crippen LogP contribution in [0.1, 0.15) is 19.8 Å². The predicted molar refractivity (Wildman–Crippen MR) is 108 cm³/mol. The van der Waals surface area contributed by atoms with E-state index < -0.39 is 17.7 Å². The molecule has 6 nitrogen and oxygen atoms in total. The lowest BCUT2D eigenvalue weighted by Crippen LogP contribution is -2.25. The first kappa shape index (κ1) is 20.2. The highest BCUT2D eigenvalue weighted by Gasteiger charge is 2.13. The molecule has 0 saturated heterocycles. The van der Waals surface area contributed by atoms with Gasteiger partial charge in [-0.2, -0.15) is 0 Å². The summed E-state index contributed by atoms with van der Waals surface area (Å²) in [5, 5.41) is 11.5. The van der Waals surface area contributed by atoms with E-state index in [2.05, 4.69) is 11.9 Å². The minimum Gasteiger partial charge on any atom is -0.485 e. The van der Waals surface area contributed by atoms with Crippen LogP contribution >= 0.6 is 11.3 Å². The number of hydrogen-bond acceptors (Lipinski definition) is 6. The number of rotatable bonds is 10. The molecule has 2 aromatic carbocycles. The number of thiazole rings is 1. The second-order valence-electron chi connectivity index (χ2n) is 6.28. The Morgan fingerprint density at radius 3 is 2.71 bits per heavy atom. The first-order valence-electron chi connectivity index (χ1n) is 9.06. The highest BCUT2D eigenvalue weighted by molar-refractivity contribution is 7.21. The summed E-state index contributed by atoms with van der Waals surface area (Å²) < 4.78 is 25.3. The third-order valence-electron chi connectivity index (χ3n) is 4.11. The van der Waals surface area contributed by atoms with Crippen molar-refractivity contribution in [2.75, 3.05) is 19.9 Å². The summed E-state index contributed by atoms with van der Waals surface area (Å²) >= 11 is 1.45. The normalized spacial score (nSPS) is 12.2. The fourth-order valence-electron chi connectivity index (χ4n) is 2.59. The fourth-order valence-corrected chi connectivity index (χ4v) is 3.59. The molecule has 0 spiro atoms. The number of halogens is 1. The van der Waals surface area contributed by atoms with Crippen LogP contribution in [0.3, 0.4) is 0 Å². The predicted octanol–water partition coefficient (Wildman–Crippen LogP) is 5.41. The molecule has 1 aromatic heterocycles. The minimum atomic E-state index is -0.642. The molecule has 1 atom stereocenters. The fraction of sp³-hybridized carbons (Fsp3) is 0.350. The van der Waals surface area contributed by atoms with Gasteiger partial charge in [0.15, 0.2) is 6.10 Å². The van der Waals surface area contributed by atoms with Gasteiger partial charge in [-0.15, -0.1) is 11.3 Å². The van der Waals surface area contributed by atoms with Crippen LogP contribution in [-0.2, 0) is 4.74 Å². The number of nitro benzene ring substituents is 1. The minimum absolute atomic E-state index is 0.0407. The van der Waals surface area contributed by atoms with Crippen LogP contribution in [0.25, 0.3) is 20.8 Å². The van der Waals surface area contributed by atoms with Crippen LogP contribution in [0.5, 0.6) is 5.75 Å². The van der Waals surface area contributed by atoms with E-state index in [9.17, 15) is 14.5 Å². The Morgan fingerprint density at radius 2 is 2.04 bits per heavy atom. The Morgan fingerprint density at radius 1 is 1.25 bits per heavy atom. The number of fused-ring (bicyclic) bond motifs is 1. The van der Waals surface area contributed by atoms with Crippen LogP contribution in [-0.4, -0.2) is 35.9 Å². The molecule has 0 radical (unpaired) electrons. The number of non-ortho nitro benzene ring substituents is 1. The number of benzene rings is 2. The molecule has 0 aliphatic heterocycles. The van der Waals surface area contributed by atoms with E-state index in [0.29, 0.717) is 12.4 Å². The largest absolute Gasteiger partial charge is 0.485 e. The Balaban J connectivity index is 1.72. The number of nitrogens with zero attached hydrogens (tertiary/aromatic N) is 2. The summed E-state index contributed by atoms with van der Waals surface area (Å²) in [5.41, 5.74) is 1.64. The van der Waals surface area contributed by atoms with Crippen LogP contribution < -0.4 is 4.74 Å². The zero-order valence-electron chi connectivity index (χ0n) is 15.5. The zero-order valence-corrected chi connectivity index (χ0v) is 16.3. The Bertz CT molecular complexity index is 930. The highest BCUT2D eigenvalue weighted by Crippen LogP contribution is 2.33. The maximum atomic E-state index is 13.2. The molecule has 1 unspecified atom stereocenters. The Hall–Kier alpha value is -2.58. The summed E-state index contributed by atoms with van der Waals surface area (Å²) in [6, 6.07) is 11.7. The molecule has 0 aliphatic carbocycles. The molecule has 0 aliphatic rings. The van der Waals surface area contributed by atoms with E-state index in [-0.39, 0.29) is 12.3 Å². The van der Waals surface area contributed by atoms with Crippen LogP contribution in [0, 0.1) is 10.1 Å². The van der Waals surface area contributed by atoms with Gasteiger partial charge < -0.3 is 9.47 Å². The van der Waals surface area contributed by atoms with Crippen LogP contribution in [0.15, 0.2) is 42.5 Å². The molecular formula is C20H21FN2O4S. The van der Waals surface area contributed by atoms with E-state index in [4.69, 9.17) is 9.47 Å². The van der Waals surface area contributed by atoms with E-state index in [0.717, 1.165) is 33.6 Å². The highest BCUT2D eigenvalue weighted by atomic mass is 32.1. The van der Waals surface area contributed by atoms with Crippen LogP contribution in [0.2, 0.25) is 0 Å². The van der Waals surface area contributed by atoms with E-state index in [1.54, 1.807) is 18.2 Å². The lowest BCUT2D eigenvalue weighted by atomic mass is 10.2. The smallest absolute Gasteiger partial charge is 0.269 e. The van der Waals surface area contributed by atoms with Crippen molar-refractivity contribution in [1.82, 2.24) is 4.98 Å². The van der Waals surface area contributed by atoms with Crippen molar-refractivity contribution in [3.05, 3.63) is 52.6 Å². The topological polar surface area (TPSA) is 74.5 Å². The lowest BCUT2D eigenvalue weighted by molar-refractivity contribution is -0.384. The average Bonchev–Trinajstić information content (AvgIpc) is 3.13. The third kappa shape index (κ3) is 5.02. The number of aromatic nitrogens is 1. The van der Waals surface area contributed by atoms with Crippen LogP contribution in [0.4, 0.5) is 10.1 Å². The maximum absolute atomic E-state index is 13.2. The van der Waals surface area contributed by atoms with E-state index >= 15 is 0 Å². The van der Waals surface area contributed by atoms with Gasteiger partial charge >= 0.3 is 0 Å². The first-order chi connectivity index (χ1) is 13.6. The molecule has 0 fully saturated rings. The van der Waals surface area contributed by atoms with Gasteiger partial charge in [0.05, 0.1) is 21.7 Å². The number of unbranched alkanes of at least 4 members (excludes halogenated alkanes) is 1. The first-order valence-corrected chi connectivity index (χ1v) is 9.88. The van der Waals surface area contributed by atoms with Crippen molar-refractivity contribution in [2.45, 2.75) is 25.9 Å². The van der Waals surface area contributed by atoms with Crippen molar-refractivity contribution in [3.8, 4) is 16.3 Å². The van der Waals surface area contributed by atoms with Crippen molar-refractivity contribution >= 4 is 27.2 Å². The van der Waals surface area contributed by atoms with Gasteiger partial charge in [-0.1, -0.05) is 13.3 Å². The molecule has 0 bridgehead atoms. The number of alkyl halides is 1. The van der Waals surface area contributed by atoms with Gasteiger partial charge in [-0.3, -0.25) is 10.1 Å². The molecule has 1 heterocycles. The number of nitro groups is 1. The quantitative estimate of drug-likeness (QED) is 0.257. The van der Waals surface area contributed by atoms with Gasteiger partial charge in [0.1, 0.15) is 17.4 Å². The summed E-state index contributed by atoms with van der Waals surface area (Å²) in [6.45, 7) is 2.26. The monoisotopic (exact) mass is 404 g/mol. The van der Waals surface area contributed by atoms with Gasteiger partial charge in [0.25, 0.3) is 5.69 Å². The summed E-state index contributed by atoms with van der Waals surface area (Å²) in [7, 11) is 0. The standard InChI is InChI=1S/C20H21FN2O4S/c1-2-3-10-26-13-17(12-21)27-16-8-9-18-19(11-16)28-20(22-18)14-4-6-15(7-5-14)23(24)25/h4-9,11,17H,2-3,10,12-13H2,1H3. The maximum Gasteiger partial charge on any atom is 0.269 e. The molecule has 0 saturated carbocycles. The second kappa shape index (κ2) is 9.57. The summed E-state index contributed by atoms with van der Waals surface area (Å²) in [5.74, 6) is 0.563. The molecular weight excluding hydrogens is 383 g/mol. The SMILES string of the molecule is CCCCOCC(CF)Oc1ccc2nc(-c3ccc([N+](=O)[O-])cc3)sc2c1. The molecule has 0 N–H and O–H groups in total. The van der Waals surface area contributed by atoms with Crippen molar-refractivity contribution in [2.24, 2.45) is 0 Å². The summed E-state index contributed by atoms with van der Waals surface area (Å²) in [6.07, 6.45) is 1.33. The second-order valence-corrected chi connectivity index (χ2v) is 7.31. The van der Waals surface area contributed by atoms with Gasteiger partial charge in [0, 0.05) is 24.3 Å². The van der Waals surface area contributed by atoms with E-state index in [1.807, 2.05) is 12.1 Å². The van der Waals surface area contributed by atoms with Gasteiger partial charge in [0.2, 0.25) is 0 Å². The van der Waals surface area contributed by atoms with Crippen molar-refractivity contribution in [3.63, 3.8) is 0 Å². The Kier molecular flexibility index (Phi) is 6.89. The molecule has 3 rings (SSSR count). The molecule has 28 heavy (non-hydrogen) atoms. The molecule has 8 heteroatoms. The number of ether oxygens (including phenoxy) is 2. The molecule has 0 amide bonds. The lowest BCUT2D eigenvalue weighted by Gasteiger charge is -2.16. The summed E-state index contributed by atoms with van der Waals surface area (Å²) in [4.78, 5) is 14.9. The van der Waals surface area contributed by atoms with Gasteiger partial charge in [-0.05, 0) is 36.8 Å². The molecule has 3 aromatic rings. The third-order valence-corrected chi connectivity index (χ3v) is 5.17. The Labute approximate surface area is 166 Å². The average molecular weight is 404 g/mol. The zero-order chi connectivity index (χ0) is 19.9. The van der Waals surface area contributed by atoms with E-state index in [1.165, 1.54) is 23.5 Å². The van der Waals surface area contributed by atoms with Crippen molar-refractivity contribution < 1.29 is 18.8 Å². The van der Waals surface area contributed by atoms with Crippen molar-refractivity contribution in [1.29, 1.82) is 0 Å². The van der Waals surface area contributed by atoms with Gasteiger partial charge in [-0.25, -0.2) is 9.37 Å². The molecule has 148 valence electrons. The number of hydrogen-bond donors (Lipinski definition) is 0.